The zero-order valence-electron chi connectivity index (χ0n) is 20.4. The fourth-order valence-corrected chi connectivity index (χ4v) is 4.12. The molecule has 1 aliphatic rings. The summed E-state index contributed by atoms with van der Waals surface area (Å²) >= 11 is 0. The maximum atomic E-state index is 13.1. The van der Waals surface area contributed by atoms with E-state index in [-0.39, 0.29) is 29.6 Å². The third-order valence-corrected chi connectivity index (χ3v) is 6.22. The molecule has 0 spiro atoms. The van der Waals surface area contributed by atoms with Crippen LogP contribution in [0.15, 0.2) is 45.7 Å². The van der Waals surface area contributed by atoms with Crippen LogP contribution in [-0.2, 0) is 12.8 Å². The topological polar surface area (TPSA) is 125 Å². The SMILES string of the molecule is COc1cccc(OC)c1-n1c(CCC2CC2)nc(=O)c(-c2nnc(Cc3ccc(C)cn3)o2)c1O. The number of aromatic nitrogens is 5. The van der Waals surface area contributed by atoms with Gasteiger partial charge >= 0.3 is 0 Å². The van der Waals surface area contributed by atoms with E-state index in [1.54, 1.807) is 24.4 Å². The third-order valence-electron chi connectivity index (χ3n) is 6.22. The van der Waals surface area contributed by atoms with Crippen LogP contribution < -0.4 is 15.0 Å². The second-order valence-corrected chi connectivity index (χ2v) is 8.87. The summed E-state index contributed by atoms with van der Waals surface area (Å²) < 4.78 is 18.4. The lowest BCUT2D eigenvalue weighted by atomic mass is 10.1. The number of hydrogen-bond donors (Lipinski definition) is 1. The normalized spacial score (nSPS) is 13.1. The third kappa shape index (κ3) is 4.66. The Morgan fingerprint density at radius 3 is 2.50 bits per heavy atom. The molecule has 1 aromatic carbocycles. The Morgan fingerprint density at radius 2 is 1.86 bits per heavy atom. The molecule has 10 heteroatoms. The molecular weight excluding hydrogens is 462 g/mol. The summed E-state index contributed by atoms with van der Waals surface area (Å²) in [4.78, 5) is 21.8. The van der Waals surface area contributed by atoms with E-state index in [1.807, 2.05) is 19.1 Å². The molecule has 5 rings (SSSR count). The largest absolute Gasteiger partial charge is 0.494 e. The number of hydrogen-bond acceptors (Lipinski definition) is 9. The summed E-state index contributed by atoms with van der Waals surface area (Å²) in [5.74, 6) is 1.68. The number of rotatable bonds is 9. The summed E-state index contributed by atoms with van der Waals surface area (Å²) in [6, 6.07) is 9.09. The lowest BCUT2D eigenvalue weighted by molar-refractivity contribution is 0.379. The summed E-state index contributed by atoms with van der Waals surface area (Å²) in [5, 5.41) is 19.6. The lowest BCUT2D eigenvalue weighted by Crippen LogP contribution is -2.20. The first-order valence-electron chi connectivity index (χ1n) is 11.8. The molecule has 0 saturated heterocycles. The second kappa shape index (κ2) is 9.80. The minimum atomic E-state index is -0.646. The smallest absolute Gasteiger partial charge is 0.289 e. The molecule has 0 radical (unpaired) electrons. The molecule has 0 aliphatic heterocycles. The van der Waals surface area contributed by atoms with Crippen LogP contribution in [0.1, 0.15) is 42.2 Å². The lowest BCUT2D eigenvalue weighted by Gasteiger charge is -2.20. The summed E-state index contributed by atoms with van der Waals surface area (Å²) in [6.45, 7) is 1.95. The molecule has 1 N–H and O–H groups in total. The van der Waals surface area contributed by atoms with Crippen molar-refractivity contribution in [2.24, 2.45) is 5.92 Å². The van der Waals surface area contributed by atoms with Gasteiger partial charge in [-0.3, -0.25) is 14.3 Å². The van der Waals surface area contributed by atoms with Crippen LogP contribution in [0.2, 0.25) is 0 Å². The number of benzene rings is 1. The number of nitrogens with zero attached hydrogens (tertiary/aromatic N) is 5. The molecule has 1 aliphatic carbocycles. The van der Waals surface area contributed by atoms with E-state index < -0.39 is 5.56 Å². The van der Waals surface area contributed by atoms with E-state index in [0.717, 1.165) is 30.5 Å². The minimum absolute atomic E-state index is 0.122. The monoisotopic (exact) mass is 489 g/mol. The van der Waals surface area contributed by atoms with Gasteiger partial charge in [0.25, 0.3) is 11.4 Å². The van der Waals surface area contributed by atoms with Gasteiger partial charge < -0.3 is 19.0 Å². The van der Waals surface area contributed by atoms with Crippen molar-refractivity contribution in [3.8, 4) is 34.5 Å². The Morgan fingerprint density at radius 1 is 1.11 bits per heavy atom. The van der Waals surface area contributed by atoms with Crippen LogP contribution in [-0.4, -0.2) is 44.1 Å². The first-order valence-corrected chi connectivity index (χ1v) is 11.8. The molecule has 0 bridgehead atoms. The Balaban J connectivity index is 1.62. The van der Waals surface area contributed by atoms with Crippen LogP contribution in [0.3, 0.4) is 0 Å². The van der Waals surface area contributed by atoms with Crippen LogP contribution in [0.4, 0.5) is 0 Å². The molecule has 186 valence electrons. The Labute approximate surface area is 207 Å². The standard InChI is InChI=1S/C26H27N5O5/c1-15-7-11-17(27-14-15)13-21-29-30-25(36-21)22-24(32)28-20(12-10-16-8-9-16)31(26(22)33)23-18(34-2)5-4-6-19(23)35-3/h4-7,11,14,16,33H,8-10,12-13H2,1-3H3. The van der Waals surface area contributed by atoms with E-state index in [4.69, 9.17) is 13.9 Å². The molecule has 0 atom stereocenters. The van der Waals surface area contributed by atoms with Crippen molar-refractivity contribution in [1.29, 1.82) is 0 Å². The maximum absolute atomic E-state index is 13.1. The number of para-hydroxylation sites is 1. The van der Waals surface area contributed by atoms with Gasteiger partial charge in [0, 0.05) is 18.3 Å². The maximum Gasteiger partial charge on any atom is 0.289 e. The first-order chi connectivity index (χ1) is 17.5. The van der Waals surface area contributed by atoms with Gasteiger partial charge in [0.05, 0.1) is 20.6 Å². The van der Waals surface area contributed by atoms with Crippen molar-refractivity contribution in [2.75, 3.05) is 14.2 Å². The minimum Gasteiger partial charge on any atom is -0.494 e. The van der Waals surface area contributed by atoms with Crippen molar-refractivity contribution < 1.29 is 19.0 Å². The van der Waals surface area contributed by atoms with Crippen LogP contribution in [0, 0.1) is 12.8 Å². The highest BCUT2D eigenvalue weighted by Gasteiger charge is 2.28. The van der Waals surface area contributed by atoms with E-state index >= 15 is 0 Å². The average Bonchev–Trinajstić information content (AvgIpc) is 3.61. The van der Waals surface area contributed by atoms with E-state index in [1.165, 1.54) is 18.8 Å². The zero-order valence-corrected chi connectivity index (χ0v) is 20.4. The number of methoxy groups -OCH3 is 2. The highest BCUT2D eigenvalue weighted by molar-refractivity contribution is 5.65. The molecule has 0 amide bonds. The van der Waals surface area contributed by atoms with Crippen LogP contribution >= 0.6 is 0 Å². The Kier molecular flexibility index (Phi) is 6.41. The van der Waals surface area contributed by atoms with E-state index in [2.05, 4.69) is 20.2 Å². The molecule has 10 nitrogen and oxygen atoms in total. The van der Waals surface area contributed by atoms with Crippen molar-refractivity contribution in [1.82, 2.24) is 24.7 Å². The summed E-state index contributed by atoms with van der Waals surface area (Å²) in [5.41, 5.74) is 1.38. The average molecular weight is 490 g/mol. The molecule has 4 aromatic rings. The van der Waals surface area contributed by atoms with Crippen molar-refractivity contribution in [3.63, 3.8) is 0 Å². The van der Waals surface area contributed by atoms with Gasteiger partial charge in [-0.25, -0.2) is 0 Å². The molecule has 36 heavy (non-hydrogen) atoms. The first kappa shape index (κ1) is 23.5. The van der Waals surface area contributed by atoms with Gasteiger partial charge in [0.2, 0.25) is 11.8 Å². The predicted molar refractivity (Wildman–Crippen MR) is 131 cm³/mol. The van der Waals surface area contributed by atoms with Gasteiger partial charge in [-0.05, 0) is 43.0 Å². The fraction of sp³-hybridized carbons (Fsp3) is 0.346. The van der Waals surface area contributed by atoms with Gasteiger partial charge in [0.15, 0.2) is 5.56 Å². The van der Waals surface area contributed by atoms with Crippen LogP contribution in [0.5, 0.6) is 17.4 Å². The van der Waals surface area contributed by atoms with Crippen molar-refractivity contribution >= 4 is 0 Å². The number of aryl methyl sites for hydroxylation is 2. The number of aromatic hydroxyl groups is 1. The van der Waals surface area contributed by atoms with Crippen molar-refractivity contribution in [2.45, 2.75) is 39.0 Å². The quantitative estimate of drug-likeness (QED) is 0.375. The Bertz CT molecular complexity index is 1420. The van der Waals surface area contributed by atoms with Gasteiger partial charge in [-0.1, -0.05) is 25.0 Å². The molecule has 3 aromatic heterocycles. The highest BCUT2D eigenvalue weighted by Crippen LogP contribution is 2.39. The second-order valence-electron chi connectivity index (χ2n) is 8.87. The van der Waals surface area contributed by atoms with Gasteiger partial charge in [-0.2, -0.15) is 4.98 Å². The summed E-state index contributed by atoms with van der Waals surface area (Å²) in [7, 11) is 3.05. The Hall–Kier alpha value is -4.21. The van der Waals surface area contributed by atoms with Gasteiger partial charge in [-0.15, -0.1) is 10.2 Å². The van der Waals surface area contributed by atoms with Gasteiger partial charge in [0.1, 0.15) is 23.0 Å². The molecule has 0 unspecified atom stereocenters. The summed E-state index contributed by atoms with van der Waals surface area (Å²) in [6.07, 6.45) is 5.72. The molecule has 3 heterocycles. The number of ether oxygens (including phenoxy) is 2. The molecular formula is C26H27N5O5. The van der Waals surface area contributed by atoms with E-state index in [0.29, 0.717) is 35.3 Å². The van der Waals surface area contributed by atoms with Crippen LogP contribution in [0.25, 0.3) is 17.1 Å². The molecule has 1 saturated carbocycles. The predicted octanol–water partition coefficient (Wildman–Crippen LogP) is 3.64. The van der Waals surface area contributed by atoms with E-state index in [9.17, 15) is 9.90 Å². The van der Waals surface area contributed by atoms with Crippen molar-refractivity contribution in [3.05, 3.63) is 69.9 Å². The highest BCUT2D eigenvalue weighted by atomic mass is 16.5. The molecule has 1 fully saturated rings. The zero-order chi connectivity index (χ0) is 25.2. The fourth-order valence-electron chi connectivity index (χ4n) is 4.12. The number of pyridine rings is 1.